The zero-order chi connectivity index (χ0) is 14.5. The summed E-state index contributed by atoms with van der Waals surface area (Å²) >= 11 is 0. The Hall–Kier alpha value is -1.31. The van der Waals surface area contributed by atoms with Crippen molar-refractivity contribution in [3.63, 3.8) is 0 Å². The molecule has 0 aromatic heterocycles. The minimum atomic E-state index is -4.23. The van der Waals surface area contributed by atoms with Crippen LogP contribution >= 0.6 is 0 Å². The lowest BCUT2D eigenvalue weighted by Crippen LogP contribution is -2.52. The predicted octanol–water partition coefficient (Wildman–Crippen LogP) is 0.169. The number of carbonyl (C=O) groups is 2. The van der Waals surface area contributed by atoms with Crippen molar-refractivity contribution in [3.05, 3.63) is 0 Å². The molecule has 5 nitrogen and oxygen atoms in total. The number of carbonyl (C=O) groups excluding carboxylic acids is 2. The molecule has 0 radical (unpaired) electrons. The fraction of sp³-hybridized carbons (Fsp3) is 0.818. The number of likely N-dealkylation sites (N-methyl/N-ethyl adjacent to an activating group) is 1. The summed E-state index contributed by atoms with van der Waals surface area (Å²) < 4.78 is 37.2. The standard InChI is InChI=1S/C11H18F3N3O2/c1-2-15-9(18)6-17-10(19)8-4-3-7(5-16-8)11(12,13)14/h7-8,16H,2-6H2,1H3,(H,15,18)(H,17,19). The van der Waals surface area contributed by atoms with Crippen molar-refractivity contribution in [2.24, 2.45) is 5.92 Å². The molecule has 2 amide bonds. The highest BCUT2D eigenvalue weighted by molar-refractivity contribution is 5.87. The van der Waals surface area contributed by atoms with Crippen molar-refractivity contribution in [2.75, 3.05) is 19.6 Å². The monoisotopic (exact) mass is 281 g/mol. The first-order valence-electron chi connectivity index (χ1n) is 6.19. The smallest absolute Gasteiger partial charge is 0.355 e. The van der Waals surface area contributed by atoms with E-state index in [0.29, 0.717) is 6.54 Å². The second-order valence-corrected chi connectivity index (χ2v) is 4.45. The number of hydrogen-bond donors (Lipinski definition) is 3. The third-order valence-corrected chi connectivity index (χ3v) is 2.99. The molecule has 8 heteroatoms. The maximum Gasteiger partial charge on any atom is 0.393 e. The van der Waals surface area contributed by atoms with Crippen LogP contribution in [-0.4, -0.2) is 43.7 Å². The van der Waals surface area contributed by atoms with Gasteiger partial charge in [0, 0.05) is 13.1 Å². The van der Waals surface area contributed by atoms with E-state index in [2.05, 4.69) is 16.0 Å². The zero-order valence-corrected chi connectivity index (χ0v) is 10.6. The topological polar surface area (TPSA) is 70.2 Å². The van der Waals surface area contributed by atoms with Gasteiger partial charge in [0.15, 0.2) is 0 Å². The van der Waals surface area contributed by atoms with Gasteiger partial charge in [-0.25, -0.2) is 0 Å². The number of hydrogen-bond acceptors (Lipinski definition) is 3. The van der Waals surface area contributed by atoms with Crippen LogP contribution in [0, 0.1) is 5.92 Å². The predicted molar refractivity (Wildman–Crippen MR) is 62.3 cm³/mol. The highest BCUT2D eigenvalue weighted by atomic mass is 19.4. The van der Waals surface area contributed by atoms with E-state index in [-0.39, 0.29) is 31.8 Å². The van der Waals surface area contributed by atoms with Crippen LogP contribution in [0.3, 0.4) is 0 Å². The van der Waals surface area contributed by atoms with Crippen molar-refractivity contribution in [3.8, 4) is 0 Å². The molecule has 2 atom stereocenters. The first kappa shape index (κ1) is 15.7. The third-order valence-electron chi connectivity index (χ3n) is 2.99. The van der Waals surface area contributed by atoms with Crippen molar-refractivity contribution >= 4 is 11.8 Å². The molecule has 0 bridgehead atoms. The Balaban J connectivity index is 2.31. The second kappa shape index (κ2) is 6.74. The van der Waals surface area contributed by atoms with Gasteiger partial charge in [-0.2, -0.15) is 13.2 Å². The minimum absolute atomic E-state index is 0.0737. The van der Waals surface area contributed by atoms with E-state index in [9.17, 15) is 22.8 Å². The van der Waals surface area contributed by atoms with Crippen molar-refractivity contribution in [2.45, 2.75) is 32.0 Å². The van der Waals surface area contributed by atoms with Gasteiger partial charge < -0.3 is 16.0 Å². The summed E-state index contributed by atoms with van der Waals surface area (Å²) in [5, 5.41) is 7.47. The van der Waals surface area contributed by atoms with Gasteiger partial charge in [0.05, 0.1) is 18.5 Å². The number of piperidine rings is 1. The quantitative estimate of drug-likeness (QED) is 0.688. The summed E-state index contributed by atoms with van der Waals surface area (Å²) in [5.74, 6) is -2.16. The molecule has 1 saturated heterocycles. The van der Waals surface area contributed by atoms with Gasteiger partial charge >= 0.3 is 6.18 Å². The van der Waals surface area contributed by atoms with Crippen LogP contribution in [0.2, 0.25) is 0 Å². The van der Waals surface area contributed by atoms with Gasteiger partial charge in [0.2, 0.25) is 11.8 Å². The fourth-order valence-electron chi connectivity index (χ4n) is 1.91. The minimum Gasteiger partial charge on any atom is -0.355 e. The van der Waals surface area contributed by atoms with Crippen molar-refractivity contribution in [1.82, 2.24) is 16.0 Å². The maximum absolute atomic E-state index is 12.4. The molecular weight excluding hydrogens is 263 g/mol. The van der Waals surface area contributed by atoms with Crippen molar-refractivity contribution < 1.29 is 22.8 Å². The van der Waals surface area contributed by atoms with Crippen LogP contribution in [-0.2, 0) is 9.59 Å². The van der Waals surface area contributed by atoms with Gasteiger partial charge in [-0.05, 0) is 19.8 Å². The first-order chi connectivity index (χ1) is 8.84. The number of nitrogens with one attached hydrogen (secondary N) is 3. The number of rotatable bonds is 4. The summed E-state index contributed by atoms with van der Waals surface area (Å²) in [7, 11) is 0. The van der Waals surface area contributed by atoms with E-state index in [1.807, 2.05) is 0 Å². The van der Waals surface area contributed by atoms with Gasteiger partial charge in [-0.1, -0.05) is 0 Å². The van der Waals surface area contributed by atoms with Crippen LogP contribution in [0.1, 0.15) is 19.8 Å². The summed E-state index contributed by atoms with van der Waals surface area (Å²) in [6, 6.07) is -0.659. The van der Waals surface area contributed by atoms with Gasteiger partial charge in [0.1, 0.15) is 0 Å². The van der Waals surface area contributed by atoms with Crippen molar-refractivity contribution in [1.29, 1.82) is 0 Å². The van der Waals surface area contributed by atoms with E-state index < -0.39 is 24.0 Å². The summed E-state index contributed by atoms with van der Waals surface area (Å²) in [6.07, 6.45) is -4.18. The molecule has 0 saturated carbocycles. The lowest BCUT2D eigenvalue weighted by Gasteiger charge is -2.30. The molecule has 0 aliphatic carbocycles. The SMILES string of the molecule is CCNC(=O)CNC(=O)C1CCC(C(F)(F)F)CN1. The molecule has 1 rings (SSSR count). The van der Waals surface area contributed by atoms with Crippen LogP contribution in [0.15, 0.2) is 0 Å². The molecule has 19 heavy (non-hydrogen) atoms. The molecule has 1 aliphatic heterocycles. The van der Waals surface area contributed by atoms with Crippen LogP contribution in [0.4, 0.5) is 13.2 Å². The van der Waals surface area contributed by atoms with E-state index in [1.165, 1.54) is 0 Å². The highest BCUT2D eigenvalue weighted by Crippen LogP contribution is 2.31. The number of amides is 2. The Morgan fingerprint density at radius 3 is 2.42 bits per heavy atom. The van der Waals surface area contributed by atoms with Crippen LogP contribution in [0.25, 0.3) is 0 Å². The fourth-order valence-corrected chi connectivity index (χ4v) is 1.91. The second-order valence-electron chi connectivity index (χ2n) is 4.45. The van der Waals surface area contributed by atoms with Gasteiger partial charge in [0.25, 0.3) is 0 Å². The normalized spacial score (nSPS) is 23.8. The summed E-state index contributed by atoms with van der Waals surface area (Å²) in [4.78, 5) is 22.7. The Morgan fingerprint density at radius 2 is 1.95 bits per heavy atom. The van der Waals surface area contributed by atoms with E-state index in [0.717, 1.165) is 0 Å². The average molecular weight is 281 g/mol. The zero-order valence-electron chi connectivity index (χ0n) is 10.6. The molecule has 2 unspecified atom stereocenters. The third kappa shape index (κ3) is 5.06. The van der Waals surface area contributed by atoms with E-state index in [4.69, 9.17) is 0 Å². The Bertz CT molecular complexity index is 326. The molecule has 0 aromatic carbocycles. The summed E-state index contributed by atoms with van der Waals surface area (Å²) in [5.41, 5.74) is 0. The molecular formula is C11H18F3N3O2. The Labute approximate surface area is 109 Å². The maximum atomic E-state index is 12.4. The van der Waals surface area contributed by atoms with Gasteiger partial charge in [-0.3, -0.25) is 9.59 Å². The highest BCUT2D eigenvalue weighted by Gasteiger charge is 2.42. The Kier molecular flexibility index (Phi) is 5.59. The Morgan fingerprint density at radius 1 is 1.26 bits per heavy atom. The molecule has 1 aliphatic rings. The molecule has 110 valence electrons. The molecule has 3 N–H and O–H groups in total. The largest absolute Gasteiger partial charge is 0.393 e. The molecule has 1 fully saturated rings. The molecule has 0 spiro atoms. The lowest BCUT2D eigenvalue weighted by atomic mass is 9.94. The van der Waals surface area contributed by atoms with Crippen LogP contribution < -0.4 is 16.0 Å². The summed E-state index contributed by atoms with van der Waals surface area (Å²) in [6.45, 7) is 1.79. The van der Waals surface area contributed by atoms with Gasteiger partial charge in [-0.15, -0.1) is 0 Å². The van der Waals surface area contributed by atoms with Crippen LogP contribution in [0.5, 0.6) is 0 Å². The molecule has 1 heterocycles. The average Bonchev–Trinajstić information content (AvgIpc) is 2.35. The lowest BCUT2D eigenvalue weighted by molar-refractivity contribution is -0.180. The van der Waals surface area contributed by atoms with E-state index in [1.54, 1.807) is 6.92 Å². The number of halogens is 3. The molecule has 0 aromatic rings. The van der Waals surface area contributed by atoms with E-state index >= 15 is 0 Å². The number of alkyl halides is 3. The first-order valence-corrected chi connectivity index (χ1v) is 6.19.